The largest absolute Gasteiger partial charge is 0.455 e. The molecule has 0 aliphatic carbocycles. The highest BCUT2D eigenvalue weighted by Crippen LogP contribution is 2.46. The van der Waals surface area contributed by atoms with Crippen LogP contribution in [0.25, 0.3) is 88.0 Å². The molecule has 0 aliphatic heterocycles. The van der Waals surface area contributed by atoms with Gasteiger partial charge in [-0.2, -0.15) is 0 Å². The SMILES string of the molecule is c1ccc(-c2ccc(-c3ccc(N(c4cccc(-c5ccc6ccccc6c5)c4)c4ccccc4-c4cccc5oc6c7ccccc7ccc6c45)cc3)cc2)cc1. The maximum atomic E-state index is 6.67. The van der Waals surface area contributed by atoms with Crippen LogP contribution < -0.4 is 4.90 Å². The first kappa shape index (κ1) is 33.6. The maximum absolute atomic E-state index is 6.67. The fraction of sp³-hybridized carbons (Fsp3) is 0. The number of fused-ring (bicyclic) bond motifs is 6. The summed E-state index contributed by atoms with van der Waals surface area (Å²) in [7, 11) is 0. The summed E-state index contributed by atoms with van der Waals surface area (Å²) in [6, 6.07) is 80.7. The average molecular weight is 740 g/mol. The zero-order valence-electron chi connectivity index (χ0n) is 31.7. The molecular formula is C56H37NO. The standard InChI is InChI=1S/C56H37NO/c1-2-12-38(13-3-1)40-24-26-41(27-25-40)42-30-33-47(34-31-42)57(48-18-10-17-45(37-48)46-29-28-39-14-4-5-16-44(39)36-46)53-22-9-8-20-50(53)51-21-11-23-54-55(51)52-35-32-43-15-6-7-19-49(43)56(52)58-54/h1-37H. The highest BCUT2D eigenvalue weighted by Gasteiger charge is 2.21. The molecule has 0 aliphatic rings. The van der Waals surface area contributed by atoms with Crippen molar-refractivity contribution in [1.82, 2.24) is 0 Å². The summed E-state index contributed by atoms with van der Waals surface area (Å²) in [5, 5.41) is 7.00. The number of nitrogens with zero attached hydrogens (tertiary/aromatic N) is 1. The van der Waals surface area contributed by atoms with E-state index in [1.54, 1.807) is 0 Å². The third kappa shape index (κ3) is 5.91. The Morgan fingerprint density at radius 3 is 1.69 bits per heavy atom. The molecule has 0 radical (unpaired) electrons. The van der Waals surface area contributed by atoms with Crippen molar-refractivity contribution in [3.8, 4) is 44.5 Å². The van der Waals surface area contributed by atoms with Crippen LogP contribution in [0.4, 0.5) is 17.1 Å². The fourth-order valence-corrected chi connectivity index (χ4v) is 8.58. The molecule has 10 aromatic carbocycles. The van der Waals surface area contributed by atoms with Crippen molar-refractivity contribution in [1.29, 1.82) is 0 Å². The zero-order valence-corrected chi connectivity index (χ0v) is 31.7. The third-order valence-corrected chi connectivity index (χ3v) is 11.5. The van der Waals surface area contributed by atoms with Gasteiger partial charge in [-0.15, -0.1) is 0 Å². The zero-order chi connectivity index (χ0) is 38.4. The number of para-hydroxylation sites is 1. The quantitative estimate of drug-likeness (QED) is 0.162. The Balaban J connectivity index is 1.07. The molecule has 1 heterocycles. The molecule has 1 aromatic heterocycles. The van der Waals surface area contributed by atoms with Gasteiger partial charge in [-0.3, -0.25) is 0 Å². The Hall–Kier alpha value is -7.68. The van der Waals surface area contributed by atoms with Crippen molar-refractivity contribution < 1.29 is 4.42 Å². The first-order valence-electron chi connectivity index (χ1n) is 19.8. The molecule has 11 aromatic rings. The van der Waals surface area contributed by atoms with E-state index in [1.807, 2.05) is 0 Å². The third-order valence-electron chi connectivity index (χ3n) is 11.5. The predicted octanol–water partition coefficient (Wildman–Crippen LogP) is 16.0. The van der Waals surface area contributed by atoms with E-state index >= 15 is 0 Å². The van der Waals surface area contributed by atoms with Crippen molar-refractivity contribution >= 4 is 60.5 Å². The molecule has 0 saturated carbocycles. The molecule has 11 rings (SSSR count). The van der Waals surface area contributed by atoms with Crippen LogP contribution in [0.15, 0.2) is 229 Å². The molecule has 2 heteroatoms. The lowest BCUT2D eigenvalue weighted by molar-refractivity contribution is 0.673. The van der Waals surface area contributed by atoms with E-state index in [4.69, 9.17) is 4.42 Å². The lowest BCUT2D eigenvalue weighted by Crippen LogP contribution is -2.11. The van der Waals surface area contributed by atoms with Crippen LogP contribution in [0, 0.1) is 0 Å². The van der Waals surface area contributed by atoms with Crippen molar-refractivity contribution in [2.75, 3.05) is 4.90 Å². The molecule has 58 heavy (non-hydrogen) atoms. The molecular weight excluding hydrogens is 703 g/mol. The van der Waals surface area contributed by atoms with Gasteiger partial charge in [-0.25, -0.2) is 0 Å². The van der Waals surface area contributed by atoms with Crippen LogP contribution in [0.3, 0.4) is 0 Å². The van der Waals surface area contributed by atoms with Crippen molar-refractivity contribution in [3.63, 3.8) is 0 Å². The molecule has 0 spiro atoms. The number of rotatable bonds is 7. The van der Waals surface area contributed by atoms with Crippen molar-refractivity contribution in [3.05, 3.63) is 224 Å². The van der Waals surface area contributed by atoms with Crippen LogP contribution in [0.5, 0.6) is 0 Å². The number of furan rings is 1. The van der Waals surface area contributed by atoms with E-state index in [2.05, 4.69) is 229 Å². The van der Waals surface area contributed by atoms with Gasteiger partial charge >= 0.3 is 0 Å². The van der Waals surface area contributed by atoms with Crippen LogP contribution in [0.2, 0.25) is 0 Å². The molecule has 0 saturated heterocycles. The predicted molar refractivity (Wildman–Crippen MR) is 245 cm³/mol. The van der Waals surface area contributed by atoms with Gasteiger partial charge in [0.2, 0.25) is 0 Å². The van der Waals surface area contributed by atoms with Crippen molar-refractivity contribution in [2.45, 2.75) is 0 Å². The molecule has 0 bridgehead atoms. The molecule has 2 nitrogen and oxygen atoms in total. The second-order valence-corrected chi connectivity index (χ2v) is 14.9. The van der Waals surface area contributed by atoms with E-state index in [1.165, 1.54) is 44.0 Å². The highest BCUT2D eigenvalue weighted by atomic mass is 16.3. The Morgan fingerprint density at radius 1 is 0.310 bits per heavy atom. The summed E-state index contributed by atoms with van der Waals surface area (Å²) in [5.41, 5.74) is 14.4. The van der Waals surface area contributed by atoms with Gasteiger partial charge < -0.3 is 9.32 Å². The van der Waals surface area contributed by atoms with E-state index in [-0.39, 0.29) is 0 Å². The van der Waals surface area contributed by atoms with Gasteiger partial charge in [0, 0.05) is 33.1 Å². The number of anilines is 3. The van der Waals surface area contributed by atoms with Gasteiger partial charge in [0.25, 0.3) is 0 Å². The minimum atomic E-state index is 0.881. The van der Waals surface area contributed by atoms with Crippen LogP contribution in [-0.4, -0.2) is 0 Å². The summed E-state index contributed by atoms with van der Waals surface area (Å²) >= 11 is 0. The first-order valence-corrected chi connectivity index (χ1v) is 19.8. The van der Waals surface area contributed by atoms with Gasteiger partial charge in [-0.05, 0) is 104 Å². The van der Waals surface area contributed by atoms with Gasteiger partial charge in [-0.1, -0.05) is 176 Å². The van der Waals surface area contributed by atoms with E-state index in [9.17, 15) is 0 Å². The van der Waals surface area contributed by atoms with Crippen LogP contribution in [-0.2, 0) is 0 Å². The summed E-state index contributed by atoms with van der Waals surface area (Å²) in [4.78, 5) is 2.40. The normalized spacial score (nSPS) is 11.4. The highest BCUT2D eigenvalue weighted by molar-refractivity contribution is 6.19. The summed E-state index contributed by atoms with van der Waals surface area (Å²) in [5.74, 6) is 0. The first-order chi connectivity index (χ1) is 28.7. The molecule has 0 N–H and O–H groups in total. The number of hydrogen-bond acceptors (Lipinski definition) is 2. The number of hydrogen-bond donors (Lipinski definition) is 0. The Labute approximate surface area is 337 Å². The molecule has 0 atom stereocenters. The van der Waals surface area contributed by atoms with Gasteiger partial charge in [0.15, 0.2) is 0 Å². The van der Waals surface area contributed by atoms with Gasteiger partial charge in [0.05, 0.1) is 5.69 Å². The Morgan fingerprint density at radius 2 is 0.879 bits per heavy atom. The second kappa shape index (κ2) is 14.1. The lowest BCUT2D eigenvalue weighted by atomic mass is 9.95. The minimum Gasteiger partial charge on any atom is -0.455 e. The molecule has 0 fully saturated rings. The van der Waals surface area contributed by atoms with Crippen LogP contribution >= 0.6 is 0 Å². The Bertz CT molecular complexity index is 3270. The van der Waals surface area contributed by atoms with Crippen molar-refractivity contribution in [2.24, 2.45) is 0 Å². The monoisotopic (exact) mass is 739 g/mol. The van der Waals surface area contributed by atoms with E-state index < -0.39 is 0 Å². The summed E-state index contributed by atoms with van der Waals surface area (Å²) < 4.78 is 6.67. The molecule has 0 amide bonds. The van der Waals surface area contributed by atoms with E-state index in [0.717, 1.165) is 61.1 Å². The second-order valence-electron chi connectivity index (χ2n) is 14.9. The summed E-state index contributed by atoms with van der Waals surface area (Å²) in [6.45, 7) is 0. The fourth-order valence-electron chi connectivity index (χ4n) is 8.58. The topological polar surface area (TPSA) is 16.4 Å². The lowest BCUT2D eigenvalue weighted by Gasteiger charge is -2.28. The summed E-state index contributed by atoms with van der Waals surface area (Å²) in [6.07, 6.45) is 0. The molecule has 272 valence electrons. The van der Waals surface area contributed by atoms with Gasteiger partial charge in [0.1, 0.15) is 11.2 Å². The molecule has 0 unspecified atom stereocenters. The maximum Gasteiger partial charge on any atom is 0.143 e. The Kier molecular flexibility index (Phi) is 8.19. The minimum absolute atomic E-state index is 0.881. The van der Waals surface area contributed by atoms with Crippen LogP contribution in [0.1, 0.15) is 0 Å². The average Bonchev–Trinajstić information content (AvgIpc) is 3.70. The smallest absolute Gasteiger partial charge is 0.143 e. The number of benzene rings is 10. The van der Waals surface area contributed by atoms with E-state index in [0.29, 0.717) is 0 Å².